The fourth-order valence-corrected chi connectivity index (χ4v) is 3.66. The van der Waals surface area contributed by atoms with E-state index in [0.717, 1.165) is 26.2 Å². The van der Waals surface area contributed by atoms with E-state index in [0.29, 0.717) is 6.04 Å². The third-order valence-electron chi connectivity index (χ3n) is 3.90. The fraction of sp³-hybridized carbons (Fsp3) is 0.562. The molecule has 0 saturated carbocycles. The normalized spacial score (nSPS) is 15.3. The Morgan fingerprint density at radius 3 is 2.76 bits per heavy atom. The number of thiophene rings is 1. The first kappa shape index (κ1) is 14.8. The number of hydrogen-bond acceptors (Lipinski definition) is 4. The first-order valence-electron chi connectivity index (χ1n) is 7.52. The van der Waals surface area contributed by atoms with Gasteiger partial charge in [-0.25, -0.2) is 0 Å². The van der Waals surface area contributed by atoms with Gasteiger partial charge < -0.3 is 4.90 Å². The van der Waals surface area contributed by atoms with Gasteiger partial charge in [-0.3, -0.25) is 9.58 Å². The van der Waals surface area contributed by atoms with Crippen molar-refractivity contribution in [3.8, 4) is 0 Å². The summed E-state index contributed by atoms with van der Waals surface area (Å²) in [6.45, 7) is 8.44. The number of nitrogens with zero attached hydrogens (tertiary/aromatic N) is 4. The molecular weight excluding hydrogens is 280 g/mol. The van der Waals surface area contributed by atoms with Gasteiger partial charge in [0, 0.05) is 37.8 Å². The summed E-state index contributed by atoms with van der Waals surface area (Å²) in [5, 5.41) is 9.26. The Kier molecular flexibility index (Phi) is 4.15. The summed E-state index contributed by atoms with van der Waals surface area (Å²) in [6.07, 6.45) is 0. The van der Waals surface area contributed by atoms with Gasteiger partial charge in [-0.05, 0) is 50.3 Å². The lowest BCUT2D eigenvalue weighted by atomic mass is 10.2. The number of rotatable bonds is 5. The summed E-state index contributed by atoms with van der Waals surface area (Å²) in [6, 6.07) is 2.65. The summed E-state index contributed by atoms with van der Waals surface area (Å²) in [7, 11) is 4.22. The lowest BCUT2D eigenvalue weighted by molar-refractivity contribution is 0.264. The predicted molar refractivity (Wildman–Crippen MR) is 87.3 cm³/mol. The molecule has 0 bridgehead atoms. The highest BCUT2D eigenvalue weighted by molar-refractivity contribution is 7.07. The van der Waals surface area contributed by atoms with E-state index >= 15 is 0 Å². The number of fused-ring (bicyclic) bond motifs is 1. The van der Waals surface area contributed by atoms with Gasteiger partial charge in [0.2, 0.25) is 0 Å². The second-order valence-electron chi connectivity index (χ2n) is 6.42. The molecule has 0 radical (unpaired) electrons. The van der Waals surface area contributed by atoms with E-state index in [1.165, 1.54) is 22.5 Å². The molecular formula is C16H24N4S. The lowest BCUT2D eigenvalue weighted by Crippen LogP contribution is -2.19. The van der Waals surface area contributed by atoms with Crippen molar-refractivity contribution < 1.29 is 0 Å². The highest BCUT2D eigenvalue weighted by atomic mass is 32.1. The van der Waals surface area contributed by atoms with Crippen molar-refractivity contribution in [2.45, 2.75) is 46.1 Å². The fourth-order valence-electron chi connectivity index (χ4n) is 3.00. The van der Waals surface area contributed by atoms with Crippen LogP contribution in [0.25, 0.3) is 0 Å². The van der Waals surface area contributed by atoms with Crippen LogP contribution in [0.2, 0.25) is 0 Å². The largest absolute Gasteiger partial charge is 0.303 e. The summed E-state index contributed by atoms with van der Waals surface area (Å²) >= 11 is 1.78. The van der Waals surface area contributed by atoms with Gasteiger partial charge in [-0.2, -0.15) is 16.4 Å². The Labute approximate surface area is 131 Å². The van der Waals surface area contributed by atoms with Gasteiger partial charge in [-0.15, -0.1) is 0 Å². The Morgan fingerprint density at radius 1 is 1.33 bits per heavy atom. The van der Waals surface area contributed by atoms with Gasteiger partial charge in [-0.1, -0.05) is 0 Å². The van der Waals surface area contributed by atoms with Crippen LogP contribution in [0.15, 0.2) is 16.8 Å². The summed E-state index contributed by atoms with van der Waals surface area (Å²) in [5.41, 5.74) is 5.53. The molecule has 0 atom stereocenters. The first-order chi connectivity index (χ1) is 10.0. The maximum Gasteiger partial charge on any atom is 0.0813 e. The summed E-state index contributed by atoms with van der Waals surface area (Å²) in [4.78, 5) is 4.72. The minimum Gasteiger partial charge on any atom is -0.303 e. The molecule has 0 spiro atoms. The molecule has 3 heterocycles. The lowest BCUT2D eigenvalue weighted by Gasteiger charge is -2.17. The van der Waals surface area contributed by atoms with Crippen molar-refractivity contribution in [2.75, 3.05) is 14.1 Å². The molecule has 1 aliphatic rings. The topological polar surface area (TPSA) is 24.3 Å². The van der Waals surface area contributed by atoms with E-state index in [-0.39, 0.29) is 0 Å². The molecule has 2 aromatic heterocycles. The van der Waals surface area contributed by atoms with Crippen molar-refractivity contribution in [3.63, 3.8) is 0 Å². The number of aromatic nitrogens is 2. The van der Waals surface area contributed by atoms with Crippen LogP contribution in [-0.2, 0) is 26.2 Å². The molecule has 4 nitrogen and oxygen atoms in total. The SMILES string of the molecule is CC(C)n1nc(CN(C)C)c2c1CN(Cc1ccsc1)C2. The second-order valence-corrected chi connectivity index (χ2v) is 7.20. The Balaban J connectivity index is 1.83. The highest BCUT2D eigenvalue weighted by Gasteiger charge is 2.28. The van der Waals surface area contributed by atoms with E-state index in [2.05, 4.69) is 59.3 Å². The van der Waals surface area contributed by atoms with Crippen LogP contribution in [0.4, 0.5) is 0 Å². The molecule has 5 heteroatoms. The van der Waals surface area contributed by atoms with Crippen LogP contribution in [0.3, 0.4) is 0 Å². The summed E-state index contributed by atoms with van der Waals surface area (Å²) in [5.74, 6) is 0. The monoisotopic (exact) mass is 304 g/mol. The van der Waals surface area contributed by atoms with Crippen molar-refractivity contribution in [1.82, 2.24) is 19.6 Å². The molecule has 1 aliphatic heterocycles. The summed E-state index contributed by atoms with van der Waals surface area (Å²) < 4.78 is 2.22. The predicted octanol–water partition coefficient (Wildman–Crippen LogP) is 3.10. The zero-order valence-electron chi connectivity index (χ0n) is 13.3. The van der Waals surface area contributed by atoms with Crippen LogP contribution in [-0.4, -0.2) is 33.7 Å². The molecule has 0 unspecified atom stereocenters. The first-order valence-corrected chi connectivity index (χ1v) is 8.46. The van der Waals surface area contributed by atoms with E-state index in [9.17, 15) is 0 Å². The minimum absolute atomic E-state index is 0.427. The zero-order valence-corrected chi connectivity index (χ0v) is 14.2. The maximum absolute atomic E-state index is 4.85. The van der Waals surface area contributed by atoms with Crippen molar-refractivity contribution in [2.24, 2.45) is 0 Å². The quantitative estimate of drug-likeness (QED) is 0.848. The Hall–Kier alpha value is -1.17. The molecule has 0 saturated heterocycles. The van der Waals surface area contributed by atoms with Crippen LogP contribution in [0, 0.1) is 0 Å². The molecule has 0 aromatic carbocycles. The Morgan fingerprint density at radius 2 is 2.14 bits per heavy atom. The van der Waals surface area contributed by atoms with Crippen LogP contribution < -0.4 is 0 Å². The van der Waals surface area contributed by atoms with Crippen LogP contribution in [0.5, 0.6) is 0 Å². The molecule has 114 valence electrons. The second kappa shape index (κ2) is 5.91. The minimum atomic E-state index is 0.427. The van der Waals surface area contributed by atoms with E-state index < -0.39 is 0 Å². The standard InChI is InChI=1S/C16H24N4S/c1-12(2)20-16-10-19(7-13-5-6-21-11-13)8-14(16)15(17-20)9-18(3)4/h5-6,11-12H,7-10H2,1-4H3. The molecule has 0 fully saturated rings. The van der Waals surface area contributed by atoms with E-state index in [4.69, 9.17) is 5.10 Å². The van der Waals surface area contributed by atoms with E-state index in [1.54, 1.807) is 11.3 Å². The van der Waals surface area contributed by atoms with Crippen LogP contribution >= 0.6 is 11.3 Å². The Bertz CT molecular complexity index is 598. The smallest absolute Gasteiger partial charge is 0.0813 e. The third kappa shape index (κ3) is 3.05. The average molecular weight is 304 g/mol. The van der Waals surface area contributed by atoms with Crippen molar-refractivity contribution >= 4 is 11.3 Å². The number of hydrogen-bond donors (Lipinski definition) is 0. The molecule has 2 aromatic rings. The molecule has 0 N–H and O–H groups in total. The third-order valence-corrected chi connectivity index (χ3v) is 4.63. The van der Waals surface area contributed by atoms with Crippen LogP contribution in [0.1, 0.15) is 42.4 Å². The van der Waals surface area contributed by atoms with E-state index in [1.807, 2.05) is 0 Å². The van der Waals surface area contributed by atoms with Gasteiger partial charge >= 0.3 is 0 Å². The highest BCUT2D eigenvalue weighted by Crippen LogP contribution is 2.30. The molecule has 3 rings (SSSR count). The van der Waals surface area contributed by atoms with Gasteiger partial charge in [0.1, 0.15) is 0 Å². The maximum atomic E-state index is 4.85. The molecule has 21 heavy (non-hydrogen) atoms. The molecule has 0 amide bonds. The average Bonchev–Trinajstić information content (AvgIpc) is 3.07. The van der Waals surface area contributed by atoms with Gasteiger partial charge in [0.15, 0.2) is 0 Å². The van der Waals surface area contributed by atoms with Crippen molar-refractivity contribution in [3.05, 3.63) is 39.3 Å². The van der Waals surface area contributed by atoms with Gasteiger partial charge in [0.05, 0.1) is 11.4 Å². The van der Waals surface area contributed by atoms with Crippen molar-refractivity contribution in [1.29, 1.82) is 0 Å². The zero-order chi connectivity index (χ0) is 15.0. The van der Waals surface area contributed by atoms with Gasteiger partial charge in [0.25, 0.3) is 0 Å². The molecule has 0 aliphatic carbocycles.